The smallest absolute Gasteiger partial charge is 0.136 e. The molecule has 9 aromatic carbocycles. The first-order chi connectivity index (χ1) is 31.6. The van der Waals surface area contributed by atoms with Crippen LogP contribution in [-0.2, 0) is 0 Å². The van der Waals surface area contributed by atoms with Gasteiger partial charge in [-0.2, -0.15) is 0 Å². The average Bonchev–Trinajstić information content (AvgIpc) is 3.72. The molecule has 0 N–H and O–H groups in total. The highest BCUT2D eigenvalue weighted by atomic mass is 16.3. The predicted molar refractivity (Wildman–Crippen MR) is 220 cm³/mol. The number of nitrogens with zero attached hydrogens (tertiary/aromatic N) is 1. The Morgan fingerprint density at radius 3 is 1.96 bits per heavy atom. The zero-order chi connectivity index (χ0) is 46.6. The van der Waals surface area contributed by atoms with Crippen LogP contribution in [0.1, 0.15) is 19.2 Å². The minimum atomic E-state index is -0.690. The number of hydrogen-bond acceptors (Lipinski definition) is 2. The minimum Gasteiger partial charge on any atom is -0.456 e. The maximum atomic E-state index is 10.2. The van der Waals surface area contributed by atoms with Crippen LogP contribution in [0.25, 0.3) is 76.9 Å². The fraction of sp³-hybridized carbons (Fsp3) is 0. The van der Waals surface area contributed by atoms with Gasteiger partial charge in [0.1, 0.15) is 11.2 Å². The third kappa shape index (κ3) is 5.21. The number of benzene rings is 9. The van der Waals surface area contributed by atoms with E-state index in [9.17, 15) is 5.48 Å². The summed E-state index contributed by atoms with van der Waals surface area (Å²) in [6.07, 6.45) is 0. The Hall–Kier alpha value is -6.90. The van der Waals surface area contributed by atoms with E-state index >= 15 is 0 Å². The van der Waals surface area contributed by atoms with Crippen molar-refractivity contribution in [3.63, 3.8) is 0 Å². The minimum absolute atomic E-state index is 0.0222. The third-order valence-corrected chi connectivity index (χ3v) is 9.21. The molecule has 244 valence electrons. The van der Waals surface area contributed by atoms with Gasteiger partial charge in [-0.05, 0) is 109 Å². The number of rotatable bonds is 6. The first-order valence-electron chi connectivity index (χ1n) is 23.6. The van der Waals surface area contributed by atoms with Crippen LogP contribution in [0.3, 0.4) is 0 Å². The van der Waals surface area contributed by atoms with Gasteiger partial charge in [-0.3, -0.25) is 0 Å². The number of furan rings is 1. The van der Waals surface area contributed by atoms with E-state index in [4.69, 9.17) is 18.1 Å². The van der Waals surface area contributed by atoms with E-state index in [0.717, 1.165) is 21.9 Å². The molecule has 1 aromatic heterocycles. The van der Waals surface area contributed by atoms with Gasteiger partial charge < -0.3 is 9.32 Å². The Balaban J connectivity index is 1.29. The summed E-state index contributed by atoms with van der Waals surface area (Å²) in [4.78, 5) is 1.62. The molecule has 10 rings (SSSR count). The second-order valence-corrected chi connectivity index (χ2v) is 12.2. The highest BCUT2D eigenvalue weighted by molar-refractivity contribution is 6.22. The van der Waals surface area contributed by atoms with Crippen LogP contribution < -0.4 is 4.90 Å². The van der Waals surface area contributed by atoms with Gasteiger partial charge in [0.15, 0.2) is 0 Å². The molecule has 10 aromatic rings. The van der Waals surface area contributed by atoms with Gasteiger partial charge in [-0.15, -0.1) is 0 Å². The molecule has 0 amide bonds. The van der Waals surface area contributed by atoms with E-state index in [2.05, 4.69) is 6.07 Å². The second-order valence-electron chi connectivity index (χ2n) is 12.2. The van der Waals surface area contributed by atoms with Crippen molar-refractivity contribution < 1.29 is 23.6 Å². The lowest BCUT2D eigenvalue weighted by Crippen LogP contribution is -2.10. The molecule has 0 aliphatic rings. The van der Waals surface area contributed by atoms with Gasteiger partial charge in [0.25, 0.3) is 0 Å². The van der Waals surface area contributed by atoms with Crippen LogP contribution in [0.2, 0.25) is 0 Å². The molecule has 0 saturated carbocycles. The van der Waals surface area contributed by atoms with Gasteiger partial charge in [-0.25, -0.2) is 0 Å². The SMILES string of the molecule is [2H]c1cc([2H])c(-c2ccc(N(c3ccc(-c4ccc5ccccc5c4)cc3)c3c([2H])c([2H])c4c(-c5c([2H])c([2H])c([2H])c([2H])c5[2H])c([2H])c5oc6ccc([2H])c([2H])c6c5c4c3[2H])cc2)cc1[2H]. The molecular weight excluding hydrogens is 631 g/mol. The van der Waals surface area contributed by atoms with Gasteiger partial charge >= 0.3 is 0 Å². The maximum absolute atomic E-state index is 10.2. The normalized spacial score (nSPS) is 15.2. The lowest BCUT2D eigenvalue weighted by molar-refractivity contribution is 0.669. The molecular formula is C50H33NO. The summed E-state index contributed by atoms with van der Waals surface area (Å²) in [5.41, 5.74) is 2.69. The van der Waals surface area contributed by atoms with Crippen molar-refractivity contribution in [1.82, 2.24) is 0 Å². The van der Waals surface area contributed by atoms with Crippen LogP contribution in [0.5, 0.6) is 0 Å². The van der Waals surface area contributed by atoms with Crippen molar-refractivity contribution in [3.05, 3.63) is 200 Å². The van der Waals surface area contributed by atoms with Crippen molar-refractivity contribution in [2.45, 2.75) is 0 Å². The monoisotopic (exact) mass is 677 g/mol. The van der Waals surface area contributed by atoms with Crippen LogP contribution in [-0.4, -0.2) is 0 Å². The van der Waals surface area contributed by atoms with Gasteiger partial charge in [0, 0.05) is 27.8 Å². The standard InChI is InChI=1S/C50H33NO/c1-3-11-34(12-4-1)36-21-25-41(26-22-36)51(42-27-23-37(24-28-42)40-20-19-35-13-7-8-16-39(35)31-40)43-29-30-44-46(38-14-5-2-6-15-38)33-49-50(47(44)32-43)45-17-9-10-18-48(45)52-49/h1-33H/i1D,2D,3D,5D,6D,9D,12D,14D,15D,17D,29D,30D,32D,33D. The van der Waals surface area contributed by atoms with E-state index in [1.807, 2.05) is 60.7 Å². The third-order valence-electron chi connectivity index (χ3n) is 9.21. The summed E-state index contributed by atoms with van der Waals surface area (Å²) in [5.74, 6) is 0. The maximum Gasteiger partial charge on any atom is 0.136 e. The van der Waals surface area contributed by atoms with Crippen molar-refractivity contribution in [3.8, 4) is 33.4 Å². The number of fused-ring (bicyclic) bond motifs is 6. The molecule has 0 saturated heterocycles. The molecule has 0 atom stereocenters. The van der Waals surface area contributed by atoms with Crippen molar-refractivity contribution >= 4 is 60.5 Å². The van der Waals surface area contributed by atoms with E-state index in [-0.39, 0.29) is 80.2 Å². The van der Waals surface area contributed by atoms with Crippen LogP contribution in [0.4, 0.5) is 17.1 Å². The summed E-state index contributed by atoms with van der Waals surface area (Å²) in [6.45, 7) is 0. The molecule has 0 aliphatic carbocycles. The lowest BCUT2D eigenvalue weighted by Gasteiger charge is -2.26. The van der Waals surface area contributed by atoms with Crippen LogP contribution in [0, 0.1) is 0 Å². The van der Waals surface area contributed by atoms with Gasteiger partial charge in [-0.1, -0.05) is 145 Å². The zero-order valence-electron chi connectivity index (χ0n) is 41.3. The molecule has 1 heterocycles. The Labute approximate surface area is 322 Å². The topological polar surface area (TPSA) is 16.4 Å². The van der Waals surface area contributed by atoms with E-state index in [1.165, 1.54) is 24.3 Å². The predicted octanol–water partition coefficient (Wildman–Crippen LogP) is 14.4. The second kappa shape index (κ2) is 12.5. The van der Waals surface area contributed by atoms with Crippen LogP contribution in [0.15, 0.2) is 204 Å². The number of para-hydroxylation sites is 1. The summed E-state index contributed by atoms with van der Waals surface area (Å²) >= 11 is 0. The summed E-state index contributed by atoms with van der Waals surface area (Å²) in [7, 11) is 0. The first-order valence-corrected chi connectivity index (χ1v) is 16.6. The molecule has 0 radical (unpaired) electrons. The number of anilines is 3. The zero-order valence-corrected chi connectivity index (χ0v) is 27.3. The Kier molecular flexibility index (Phi) is 4.53. The molecule has 52 heavy (non-hydrogen) atoms. The summed E-state index contributed by atoms with van der Waals surface area (Å²) in [6, 6.07) is 28.1. The van der Waals surface area contributed by atoms with Gasteiger partial charge in [0.05, 0.1) is 19.2 Å². The quantitative estimate of drug-likeness (QED) is 0.174. The fourth-order valence-electron chi connectivity index (χ4n) is 6.72. The Bertz CT molecular complexity index is 3670. The summed E-state index contributed by atoms with van der Waals surface area (Å²) < 4.78 is 131. The molecule has 0 bridgehead atoms. The highest BCUT2D eigenvalue weighted by Crippen LogP contribution is 2.44. The number of hydrogen-bond donors (Lipinski definition) is 0. The average molecular weight is 678 g/mol. The summed E-state index contributed by atoms with van der Waals surface area (Å²) in [5, 5.41) is 1.88. The van der Waals surface area contributed by atoms with Crippen LogP contribution >= 0.6 is 0 Å². The molecule has 2 heteroatoms. The molecule has 0 fully saturated rings. The van der Waals surface area contributed by atoms with Crippen molar-refractivity contribution in [2.24, 2.45) is 0 Å². The lowest BCUT2D eigenvalue weighted by atomic mass is 9.94. The van der Waals surface area contributed by atoms with Crippen molar-refractivity contribution in [2.75, 3.05) is 4.90 Å². The molecule has 0 unspecified atom stereocenters. The van der Waals surface area contributed by atoms with E-state index in [0.29, 0.717) is 22.5 Å². The largest absolute Gasteiger partial charge is 0.456 e. The van der Waals surface area contributed by atoms with E-state index < -0.39 is 53.9 Å². The highest BCUT2D eigenvalue weighted by Gasteiger charge is 2.19. The van der Waals surface area contributed by atoms with E-state index in [1.54, 1.807) is 29.2 Å². The Morgan fingerprint density at radius 1 is 0.404 bits per heavy atom. The van der Waals surface area contributed by atoms with Crippen molar-refractivity contribution in [1.29, 1.82) is 0 Å². The first kappa shape index (κ1) is 18.9. The fourth-order valence-corrected chi connectivity index (χ4v) is 6.72. The Morgan fingerprint density at radius 2 is 1.15 bits per heavy atom. The molecule has 0 aliphatic heterocycles. The van der Waals surface area contributed by atoms with Gasteiger partial charge in [0.2, 0.25) is 0 Å². The molecule has 2 nitrogen and oxygen atoms in total. The molecule has 0 spiro atoms.